The smallest absolute Gasteiger partial charge is 0.201 e. The highest BCUT2D eigenvalue weighted by Gasteiger charge is 2.18. The highest BCUT2D eigenvalue weighted by molar-refractivity contribution is 5.56. The summed E-state index contributed by atoms with van der Waals surface area (Å²) in [7, 11) is 0. The van der Waals surface area contributed by atoms with Crippen LogP contribution in [0.2, 0.25) is 0 Å². The molecule has 0 saturated heterocycles. The minimum Gasteiger partial charge on any atom is -0.488 e. The molecule has 132 valence electrons. The van der Waals surface area contributed by atoms with Gasteiger partial charge in [0.15, 0.2) is 17.4 Å². The number of aryl methyl sites for hydroxylation is 1. The normalized spacial score (nSPS) is 11.2. The number of ether oxygens (including phenoxy) is 1. The fourth-order valence-electron chi connectivity index (χ4n) is 2.75. The van der Waals surface area contributed by atoms with Gasteiger partial charge in [0, 0.05) is 18.6 Å². The molecule has 4 heterocycles. The number of imidazole rings is 1. The van der Waals surface area contributed by atoms with E-state index in [1.807, 2.05) is 6.92 Å². The number of hydrogen-bond donors (Lipinski definition) is 0. The van der Waals surface area contributed by atoms with Gasteiger partial charge < -0.3 is 9.30 Å². The summed E-state index contributed by atoms with van der Waals surface area (Å²) in [5.74, 6) is 1.17. The van der Waals surface area contributed by atoms with Crippen LogP contribution in [0, 0.1) is 12.7 Å². The molecule has 0 aliphatic heterocycles. The number of aromatic nitrogens is 7. The fraction of sp³-hybridized carbons (Fsp3) is 0.235. The molecule has 0 saturated carbocycles. The summed E-state index contributed by atoms with van der Waals surface area (Å²) in [5.41, 5.74) is 1.44. The quantitative estimate of drug-likeness (QED) is 0.547. The Hall–Kier alpha value is -3.36. The van der Waals surface area contributed by atoms with Gasteiger partial charge >= 0.3 is 0 Å². The lowest BCUT2D eigenvalue weighted by atomic mass is 10.3. The average Bonchev–Trinajstić information content (AvgIpc) is 3.23. The number of hydrogen-bond acceptors (Lipinski definition) is 6. The van der Waals surface area contributed by atoms with Crippen LogP contribution in [0.1, 0.15) is 18.4 Å². The van der Waals surface area contributed by atoms with Crippen LogP contribution >= 0.6 is 0 Å². The van der Waals surface area contributed by atoms with Gasteiger partial charge in [-0.05, 0) is 26.0 Å². The maximum Gasteiger partial charge on any atom is 0.201 e. The first kappa shape index (κ1) is 16.1. The Balaban J connectivity index is 1.78. The first-order valence-corrected chi connectivity index (χ1v) is 8.13. The van der Waals surface area contributed by atoms with Gasteiger partial charge in [0.2, 0.25) is 5.65 Å². The Morgan fingerprint density at radius 2 is 2.08 bits per heavy atom. The van der Waals surface area contributed by atoms with Gasteiger partial charge in [0.25, 0.3) is 0 Å². The van der Waals surface area contributed by atoms with E-state index in [1.165, 1.54) is 12.3 Å². The topological polar surface area (TPSA) is 83.0 Å². The summed E-state index contributed by atoms with van der Waals surface area (Å²) in [6, 6.07) is 2.90. The monoisotopic (exact) mass is 353 g/mol. The van der Waals surface area contributed by atoms with Gasteiger partial charge in [-0.2, -0.15) is 9.61 Å². The second-order valence-electron chi connectivity index (χ2n) is 5.59. The first-order chi connectivity index (χ1) is 12.7. The Morgan fingerprint density at radius 1 is 1.19 bits per heavy atom. The van der Waals surface area contributed by atoms with Gasteiger partial charge in [0.1, 0.15) is 23.5 Å². The van der Waals surface area contributed by atoms with Crippen molar-refractivity contribution in [3.05, 3.63) is 54.4 Å². The summed E-state index contributed by atoms with van der Waals surface area (Å²) >= 11 is 0. The van der Waals surface area contributed by atoms with Gasteiger partial charge in [-0.3, -0.25) is 0 Å². The summed E-state index contributed by atoms with van der Waals surface area (Å²) in [5, 5.41) is 4.26. The molecule has 4 aromatic heterocycles. The minimum atomic E-state index is -0.429. The number of rotatable bonds is 5. The molecule has 0 aliphatic carbocycles. The maximum atomic E-state index is 14.1. The Kier molecular flexibility index (Phi) is 4.04. The van der Waals surface area contributed by atoms with E-state index in [1.54, 1.807) is 40.8 Å². The Morgan fingerprint density at radius 3 is 2.88 bits per heavy atom. The van der Waals surface area contributed by atoms with Crippen LogP contribution in [0.15, 0.2) is 37.1 Å². The first-order valence-electron chi connectivity index (χ1n) is 8.13. The molecule has 0 aliphatic rings. The fourth-order valence-corrected chi connectivity index (χ4v) is 2.75. The van der Waals surface area contributed by atoms with E-state index in [0.717, 1.165) is 0 Å². The van der Waals surface area contributed by atoms with E-state index < -0.39 is 5.82 Å². The van der Waals surface area contributed by atoms with Crippen molar-refractivity contribution in [2.45, 2.75) is 20.4 Å². The molecule has 0 radical (unpaired) electrons. The third kappa shape index (κ3) is 2.77. The van der Waals surface area contributed by atoms with Crippen LogP contribution in [-0.2, 0) is 6.54 Å². The van der Waals surface area contributed by atoms with E-state index in [2.05, 4.69) is 25.0 Å². The molecule has 8 nitrogen and oxygen atoms in total. The van der Waals surface area contributed by atoms with E-state index >= 15 is 0 Å². The third-order valence-corrected chi connectivity index (χ3v) is 3.82. The second kappa shape index (κ2) is 6.51. The van der Waals surface area contributed by atoms with Gasteiger partial charge in [-0.1, -0.05) is 0 Å². The molecule has 0 unspecified atom stereocenters. The predicted molar refractivity (Wildman–Crippen MR) is 91.2 cm³/mol. The SMILES string of the molecule is CCOc1c(Cn2ccnc2-c2ncccc2F)ncn2nc(C)nc12. The molecule has 0 amide bonds. The number of fused-ring (bicyclic) bond motifs is 1. The van der Waals surface area contributed by atoms with Gasteiger partial charge in [-0.25, -0.2) is 24.3 Å². The molecule has 9 heteroatoms. The van der Waals surface area contributed by atoms with Crippen LogP contribution in [0.3, 0.4) is 0 Å². The lowest BCUT2D eigenvalue weighted by Gasteiger charge is -2.12. The molecule has 0 aromatic carbocycles. The predicted octanol–water partition coefficient (Wildman–Crippen LogP) is 2.28. The molecule has 0 fully saturated rings. The van der Waals surface area contributed by atoms with Crippen LogP contribution in [0.25, 0.3) is 17.2 Å². The average molecular weight is 353 g/mol. The molecular formula is C17H16FN7O. The van der Waals surface area contributed by atoms with Crippen molar-refractivity contribution in [3.8, 4) is 17.3 Å². The number of nitrogens with zero attached hydrogens (tertiary/aromatic N) is 7. The summed E-state index contributed by atoms with van der Waals surface area (Å²) in [6.45, 7) is 4.50. The summed E-state index contributed by atoms with van der Waals surface area (Å²) < 4.78 is 23.2. The third-order valence-electron chi connectivity index (χ3n) is 3.82. The molecule has 0 spiro atoms. The van der Waals surface area contributed by atoms with Crippen molar-refractivity contribution in [2.24, 2.45) is 0 Å². The molecule has 0 atom stereocenters. The largest absolute Gasteiger partial charge is 0.488 e. The molecule has 26 heavy (non-hydrogen) atoms. The van der Waals surface area contributed by atoms with Gasteiger partial charge in [-0.15, -0.1) is 0 Å². The lowest BCUT2D eigenvalue weighted by molar-refractivity contribution is 0.335. The van der Waals surface area contributed by atoms with E-state index in [9.17, 15) is 4.39 Å². The van der Waals surface area contributed by atoms with Crippen molar-refractivity contribution in [3.63, 3.8) is 0 Å². The van der Waals surface area contributed by atoms with Crippen LogP contribution in [0.5, 0.6) is 5.75 Å². The zero-order valence-electron chi connectivity index (χ0n) is 14.3. The van der Waals surface area contributed by atoms with Crippen molar-refractivity contribution in [1.29, 1.82) is 0 Å². The Labute approximate surface area is 148 Å². The second-order valence-corrected chi connectivity index (χ2v) is 5.59. The van der Waals surface area contributed by atoms with Crippen LogP contribution in [0.4, 0.5) is 4.39 Å². The molecule has 0 N–H and O–H groups in total. The van der Waals surface area contributed by atoms with Crippen molar-refractivity contribution in [2.75, 3.05) is 6.61 Å². The summed E-state index contributed by atoms with van der Waals surface area (Å²) in [4.78, 5) is 17.2. The lowest BCUT2D eigenvalue weighted by Crippen LogP contribution is -2.09. The maximum absolute atomic E-state index is 14.1. The van der Waals surface area contributed by atoms with Crippen molar-refractivity contribution >= 4 is 5.65 Å². The zero-order valence-corrected chi connectivity index (χ0v) is 14.3. The number of pyridine rings is 1. The standard InChI is InChI=1S/C17H16FN7O/c1-3-26-15-13(21-10-25-17(15)22-11(2)23-25)9-24-8-7-20-16(24)14-12(18)5-4-6-19-14/h4-8,10H,3,9H2,1-2H3. The molecule has 4 aromatic rings. The Bertz CT molecular complexity index is 1070. The van der Waals surface area contributed by atoms with Crippen LogP contribution < -0.4 is 4.74 Å². The minimum absolute atomic E-state index is 0.190. The van der Waals surface area contributed by atoms with Gasteiger partial charge in [0.05, 0.1) is 13.2 Å². The van der Waals surface area contributed by atoms with E-state index in [4.69, 9.17) is 4.74 Å². The van der Waals surface area contributed by atoms with E-state index in [-0.39, 0.29) is 5.69 Å². The molecular weight excluding hydrogens is 337 g/mol. The molecule has 4 rings (SSSR count). The highest BCUT2D eigenvalue weighted by atomic mass is 19.1. The van der Waals surface area contributed by atoms with Crippen molar-refractivity contribution < 1.29 is 9.13 Å². The highest BCUT2D eigenvalue weighted by Crippen LogP contribution is 2.25. The van der Waals surface area contributed by atoms with Crippen molar-refractivity contribution in [1.82, 2.24) is 34.1 Å². The summed E-state index contributed by atoms with van der Waals surface area (Å²) in [6.07, 6.45) is 6.47. The zero-order chi connectivity index (χ0) is 18.1. The molecule has 0 bridgehead atoms. The number of halogens is 1. The van der Waals surface area contributed by atoms with Crippen LogP contribution in [-0.4, -0.2) is 40.7 Å². The van der Waals surface area contributed by atoms with E-state index in [0.29, 0.717) is 41.9 Å².